The SMILES string of the molecule is CCNC(=NCc1cccc(S(N)(=O)=O)c1)N1CCN(C(=O)OCC)CC1. The zero-order valence-electron chi connectivity index (χ0n) is 15.7. The number of piperazine rings is 1. The Morgan fingerprint density at radius 2 is 1.89 bits per heavy atom. The number of primary sulfonamides is 1. The number of carbonyl (C=O) groups excluding carboxylic acids is 1. The zero-order valence-corrected chi connectivity index (χ0v) is 16.5. The van der Waals surface area contributed by atoms with Crippen LogP contribution in [-0.4, -0.2) is 69.6 Å². The molecular formula is C17H27N5O4S. The Labute approximate surface area is 160 Å². The first kappa shape index (κ1) is 21.0. The molecule has 3 N–H and O–H groups in total. The van der Waals surface area contributed by atoms with Gasteiger partial charge in [0.05, 0.1) is 18.0 Å². The smallest absolute Gasteiger partial charge is 0.409 e. The Kier molecular flexibility index (Phi) is 7.43. The van der Waals surface area contributed by atoms with Gasteiger partial charge in [0, 0.05) is 32.7 Å². The van der Waals surface area contributed by atoms with E-state index in [1.54, 1.807) is 24.0 Å². The molecule has 0 radical (unpaired) electrons. The van der Waals surface area contributed by atoms with Crippen molar-refractivity contribution in [3.63, 3.8) is 0 Å². The first-order chi connectivity index (χ1) is 12.8. The largest absolute Gasteiger partial charge is 0.450 e. The van der Waals surface area contributed by atoms with E-state index in [2.05, 4.69) is 15.2 Å². The first-order valence-electron chi connectivity index (χ1n) is 8.91. The van der Waals surface area contributed by atoms with Crippen molar-refractivity contribution in [2.45, 2.75) is 25.3 Å². The molecule has 9 nitrogen and oxygen atoms in total. The lowest BCUT2D eigenvalue weighted by molar-refractivity contribution is 0.0914. The second-order valence-corrected chi connectivity index (χ2v) is 7.60. The summed E-state index contributed by atoms with van der Waals surface area (Å²) in [5.41, 5.74) is 0.752. The fourth-order valence-electron chi connectivity index (χ4n) is 2.73. The van der Waals surface area contributed by atoms with Gasteiger partial charge in [-0.2, -0.15) is 0 Å². The maximum Gasteiger partial charge on any atom is 0.409 e. The molecule has 1 heterocycles. The van der Waals surface area contributed by atoms with Gasteiger partial charge >= 0.3 is 6.09 Å². The number of ether oxygens (including phenoxy) is 1. The second kappa shape index (κ2) is 9.56. The van der Waals surface area contributed by atoms with Gasteiger partial charge in [0.2, 0.25) is 10.0 Å². The summed E-state index contributed by atoms with van der Waals surface area (Å²) < 4.78 is 28.0. The van der Waals surface area contributed by atoms with Crippen molar-refractivity contribution in [3.05, 3.63) is 29.8 Å². The van der Waals surface area contributed by atoms with Crippen LogP contribution in [0, 0.1) is 0 Å². The van der Waals surface area contributed by atoms with Gasteiger partial charge in [0.1, 0.15) is 0 Å². The van der Waals surface area contributed by atoms with E-state index in [1.165, 1.54) is 12.1 Å². The van der Waals surface area contributed by atoms with Gasteiger partial charge in [-0.05, 0) is 31.5 Å². The maximum absolute atomic E-state index is 11.8. The van der Waals surface area contributed by atoms with Gasteiger partial charge in [-0.25, -0.2) is 23.3 Å². The average molecular weight is 398 g/mol. The van der Waals surface area contributed by atoms with E-state index in [-0.39, 0.29) is 11.0 Å². The number of hydrogen-bond donors (Lipinski definition) is 2. The first-order valence-corrected chi connectivity index (χ1v) is 10.5. The Morgan fingerprint density at radius 1 is 1.22 bits per heavy atom. The molecular weight excluding hydrogens is 370 g/mol. The standard InChI is InChI=1S/C17H27N5O4S/c1-3-19-16(21-8-10-22(11-9-21)17(23)26-4-2)20-13-14-6-5-7-15(12-14)27(18,24)25/h5-7,12H,3-4,8-11,13H2,1-2H3,(H,19,20)(H2,18,24,25). The van der Waals surface area contributed by atoms with Gasteiger partial charge < -0.3 is 19.9 Å². The van der Waals surface area contributed by atoms with E-state index < -0.39 is 10.0 Å². The lowest BCUT2D eigenvalue weighted by Gasteiger charge is -2.35. The maximum atomic E-state index is 11.8. The van der Waals surface area contributed by atoms with Gasteiger partial charge in [0.15, 0.2) is 5.96 Å². The molecule has 0 saturated carbocycles. The number of nitrogens with two attached hydrogens (primary N) is 1. The third-order valence-corrected chi connectivity index (χ3v) is 4.99. The Bertz CT molecular complexity index is 773. The molecule has 1 aromatic carbocycles. The molecule has 1 saturated heterocycles. The van der Waals surface area contributed by atoms with Crippen LogP contribution in [0.15, 0.2) is 34.2 Å². The predicted octanol–water partition coefficient (Wildman–Crippen LogP) is 0.574. The molecule has 10 heteroatoms. The second-order valence-electron chi connectivity index (χ2n) is 6.04. The number of benzene rings is 1. The number of carbonyl (C=O) groups is 1. The van der Waals surface area contributed by atoms with Crippen LogP contribution in [0.2, 0.25) is 0 Å². The quantitative estimate of drug-likeness (QED) is 0.554. The molecule has 1 amide bonds. The Morgan fingerprint density at radius 3 is 2.48 bits per heavy atom. The lowest BCUT2D eigenvalue weighted by Crippen LogP contribution is -2.53. The minimum absolute atomic E-state index is 0.0725. The Hall–Kier alpha value is -2.33. The molecule has 1 aromatic rings. The summed E-state index contributed by atoms with van der Waals surface area (Å²) in [5, 5.41) is 8.41. The molecule has 27 heavy (non-hydrogen) atoms. The highest BCUT2D eigenvalue weighted by molar-refractivity contribution is 7.89. The third kappa shape index (κ3) is 6.10. The van der Waals surface area contributed by atoms with Crippen LogP contribution in [0.4, 0.5) is 4.79 Å². The van der Waals surface area contributed by atoms with E-state index in [4.69, 9.17) is 9.88 Å². The van der Waals surface area contributed by atoms with Crippen LogP contribution in [0.3, 0.4) is 0 Å². The lowest BCUT2D eigenvalue weighted by atomic mass is 10.2. The van der Waals surface area contributed by atoms with Crippen molar-refractivity contribution in [3.8, 4) is 0 Å². The third-order valence-electron chi connectivity index (χ3n) is 4.08. The van der Waals surface area contributed by atoms with Crippen molar-refractivity contribution < 1.29 is 17.9 Å². The van der Waals surface area contributed by atoms with Crippen molar-refractivity contribution >= 4 is 22.1 Å². The molecule has 1 aliphatic rings. The number of hydrogen-bond acceptors (Lipinski definition) is 5. The van der Waals surface area contributed by atoms with Gasteiger partial charge in [-0.1, -0.05) is 12.1 Å². The van der Waals surface area contributed by atoms with E-state index in [9.17, 15) is 13.2 Å². The molecule has 1 aliphatic heterocycles. The minimum Gasteiger partial charge on any atom is -0.450 e. The number of guanidine groups is 1. The molecule has 0 bridgehead atoms. The van der Waals surface area contributed by atoms with Crippen LogP contribution >= 0.6 is 0 Å². The minimum atomic E-state index is -3.74. The summed E-state index contributed by atoms with van der Waals surface area (Å²) in [6, 6.07) is 6.44. The van der Waals surface area contributed by atoms with Crippen LogP contribution in [-0.2, 0) is 21.3 Å². The average Bonchev–Trinajstić information content (AvgIpc) is 2.65. The van der Waals surface area contributed by atoms with E-state index in [1.807, 2.05) is 6.92 Å². The van der Waals surface area contributed by atoms with E-state index in [0.717, 1.165) is 11.5 Å². The van der Waals surface area contributed by atoms with Gasteiger partial charge in [0.25, 0.3) is 0 Å². The highest BCUT2D eigenvalue weighted by atomic mass is 32.2. The molecule has 0 spiro atoms. The fraction of sp³-hybridized carbons (Fsp3) is 0.529. The molecule has 150 valence electrons. The summed E-state index contributed by atoms with van der Waals surface area (Å²) in [6.45, 7) is 7.55. The van der Waals surface area contributed by atoms with Gasteiger partial charge in [-0.3, -0.25) is 0 Å². The highest BCUT2D eigenvalue weighted by Crippen LogP contribution is 2.11. The van der Waals surface area contributed by atoms with Crippen molar-refractivity contribution in [1.82, 2.24) is 15.1 Å². The number of aliphatic imine (C=N–C) groups is 1. The molecule has 0 aliphatic carbocycles. The van der Waals surface area contributed by atoms with Crippen LogP contribution in [0.25, 0.3) is 0 Å². The van der Waals surface area contributed by atoms with Crippen LogP contribution < -0.4 is 10.5 Å². The van der Waals surface area contributed by atoms with Crippen molar-refractivity contribution in [2.24, 2.45) is 10.1 Å². The highest BCUT2D eigenvalue weighted by Gasteiger charge is 2.23. The van der Waals surface area contributed by atoms with Crippen LogP contribution in [0.1, 0.15) is 19.4 Å². The normalized spacial score (nSPS) is 15.6. The molecule has 2 rings (SSSR count). The summed E-state index contributed by atoms with van der Waals surface area (Å²) >= 11 is 0. The van der Waals surface area contributed by atoms with Crippen molar-refractivity contribution in [2.75, 3.05) is 39.3 Å². The number of sulfonamides is 1. The number of amides is 1. The monoisotopic (exact) mass is 397 g/mol. The fourth-order valence-corrected chi connectivity index (χ4v) is 3.31. The molecule has 0 atom stereocenters. The van der Waals surface area contributed by atoms with Crippen molar-refractivity contribution in [1.29, 1.82) is 0 Å². The Balaban J connectivity index is 2.04. The molecule has 0 unspecified atom stereocenters. The number of nitrogens with one attached hydrogen (secondary N) is 1. The topological polar surface area (TPSA) is 117 Å². The zero-order chi connectivity index (χ0) is 19.9. The predicted molar refractivity (Wildman–Crippen MR) is 103 cm³/mol. The number of rotatable bonds is 5. The summed E-state index contributed by atoms with van der Waals surface area (Å²) in [5.74, 6) is 0.724. The summed E-state index contributed by atoms with van der Waals surface area (Å²) in [6.07, 6.45) is -0.293. The van der Waals surface area contributed by atoms with Crippen LogP contribution in [0.5, 0.6) is 0 Å². The van der Waals surface area contributed by atoms with E-state index in [0.29, 0.717) is 45.9 Å². The number of nitrogens with zero attached hydrogens (tertiary/aromatic N) is 3. The molecule has 1 fully saturated rings. The molecule has 0 aromatic heterocycles. The summed E-state index contributed by atoms with van der Waals surface area (Å²) in [4.78, 5) is 20.2. The van der Waals surface area contributed by atoms with Gasteiger partial charge in [-0.15, -0.1) is 0 Å². The van der Waals surface area contributed by atoms with E-state index >= 15 is 0 Å². The summed E-state index contributed by atoms with van der Waals surface area (Å²) in [7, 11) is -3.74.